The summed E-state index contributed by atoms with van der Waals surface area (Å²) in [6, 6.07) is 11.1. The van der Waals surface area contributed by atoms with Gasteiger partial charge in [-0.2, -0.15) is 0 Å². The fourth-order valence-corrected chi connectivity index (χ4v) is 3.69. The molecular formula is C23H38IN7O. The summed E-state index contributed by atoms with van der Waals surface area (Å²) in [4.78, 5) is 7.31. The number of benzene rings is 1. The Morgan fingerprint density at radius 1 is 1.19 bits per heavy atom. The van der Waals surface area contributed by atoms with Crippen LogP contribution in [-0.4, -0.2) is 64.5 Å². The highest BCUT2D eigenvalue weighted by molar-refractivity contribution is 14.0. The Morgan fingerprint density at radius 3 is 2.59 bits per heavy atom. The van der Waals surface area contributed by atoms with Crippen molar-refractivity contribution in [3.8, 4) is 0 Å². The largest absolute Gasteiger partial charge is 0.382 e. The molecular weight excluding hydrogens is 517 g/mol. The second-order valence-electron chi connectivity index (χ2n) is 8.04. The fourth-order valence-electron chi connectivity index (χ4n) is 3.69. The normalized spacial score (nSPS) is 15.4. The Labute approximate surface area is 209 Å². The summed E-state index contributed by atoms with van der Waals surface area (Å²) < 4.78 is 7.43. The molecule has 3 rings (SSSR count). The zero-order valence-corrected chi connectivity index (χ0v) is 21.9. The average Bonchev–Trinajstić information content (AvgIpc) is 3.11. The van der Waals surface area contributed by atoms with E-state index in [9.17, 15) is 0 Å². The summed E-state index contributed by atoms with van der Waals surface area (Å²) in [7, 11) is 1.98. The first-order valence-electron chi connectivity index (χ1n) is 11.4. The Balaban J connectivity index is 0.00000363. The van der Waals surface area contributed by atoms with E-state index in [-0.39, 0.29) is 24.0 Å². The van der Waals surface area contributed by atoms with Crippen LogP contribution < -0.4 is 10.6 Å². The first-order valence-corrected chi connectivity index (χ1v) is 11.4. The van der Waals surface area contributed by atoms with Crippen molar-refractivity contribution in [1.29, 1.82) is 0 Å². The van der Waals surface area contributed by atoms with Crippen molar-refractivity contribution in [3.05, 3.63) is 47.5 Å². The molecule has 1 saturated heterocycles. The molecule has 178 valence electrons. The number of aryl methyl sites for hydroxylation is 1. The van der Waals surface area contributed by atoms with Crippen LogP contribution in [0.4, 0.5) is 0 Å². The molecule has 2 N–H and O–H groups in total. The molecule has 0 amide bonds. The molecule has 0 atom stereocenters. The lowest BCUT2D eigenvalue weighted by Crippen LogP contribution is -2.48. The van der Waals surface area contributed by atoms with Crippen LogP contribution in [0.5, 0.6) is 0 Å². The number of guanidine groups is 1. The molecule has 0 unspecified atom stereocenters. The molecule has 1 aliphatic heterocycles. The van der Waals surface area contributed by atoms with E-state index in [4.69, 9.17) is 9.73 Å². The van der Waals surface area contributed by atoms with E-state index in [1.54, 1.807) is 0 Å². The van der Waals surface area contributed by atoms with E-state index < -0.39 is 0 Å². The van der Waals surface area contributed by atoms with Gasteiger partial charge in [-0.3, -0.25) is 4.90 Å². The highest BCUT2D eigenvalue weighted by Gasteiger charge is 2.20. The van der Waals surface area contributed by atoms with Crippen LogP contribution >= 0.6 is 24.0 Å². The van der Waals surface area contributed by atoms with E-state index >= 15 is 0 Å². The molecule has 2 aromatic rings. The third-order valence-electron chi connectivity index (χ3n) is 5.70. The van der Waals surface area contributed by atoms with Crippen molar-refractivity contribution in [3.63, 3.8) is 0 Å². The number of piperidine rings is 1. The number of nitrogens with zero attached hydrogens (tertiary/aromatic N) is 5. The molecule has 0 saturated carbocycles. The topological polar surface area (TPSA) is 79.6 Å². The third kappa shape index (κ3) is 8.67. The minimum absolute atomic E-state index is 0. The third-order valence-corrected chi connectivity index (χ3v) is 5.70. The van der Waals surface area contributed by atoms with Crippen molar-refractivity contribution in [2.45, 2.75) is 52.2 Å². The van der Waals surface area contributed by atoms with Crippen LogP contribution in [-0.2, 0) is 24.9 Å². The molecule has 9 heteroatoms. The van der Waals surface area contributed by atoms with Crippen molar-refractivity contribution in [2.75, 3.05) is 32.8 Å². The van der Waals surface area contributed by atoms with Gasteiger partial charge < -0.3 is 19.9 Å². The van der Waals surface area contributed by atoms with E-state index in [0.717, 1.165) is 76.3 Å². The molecule has 0 aliphatic carbocycles. The van der Waals surface area contributed by atoms with E-state index in [2.05, 4.69) is 56.1 Å². The van der Waals surface area contributed by atoms with Gasteiger partial charge in [0.05, 0.1) is 0 Å². The number of likely N-dealkylation sites (tertiary alicyclic amines) is 1. The summed E-state index contributed by atoms with van der Waals surface area (Å²) in [6.07, 6.45) is 3.16. The lowest BCUT2D eigenvalue weighted by molar-refractivity contribution is 0.145. The maximum Gasteiger partial charge on any atom is 0.191 e. The standard InChI is InChI=1S/C23H37N7O.HI/c1-4-31-16-8-13-24-23(25-17-22-28-27-19(2)29(22)3)26-21-11-14-30(15-12-21)18-20-9-6-5-7-10-20;/h5-7,9-10,21H,4,8,11-18H2,1-3H3,(H2,24,25,26);1H. The number of rotatable bonds is 10. The number of aromatic nitrogens is 3. The predicted molar refractivity (Wildman–Crippen MR) is 139 cm³/mol. The zero-order chi connectivity index (χ0) is 21.9. The van der Waals surface area contributed by atoms with Gasteiger partial charge in [0.2, 0.25) is 0 Å². The Kier molecular flexibility index (Phi) is 12.0. The van der Waals surface area contributed by atoms with Crippen molar-refractivity contribution < 1.29 is 4.74 Å². The predicted octanol–water partition coefficient (Wildman–Crippen LogP) is 2.87. The molecule has 1 aromatic carbocycles. The minimum Gasteiger partial charge on any atom is -0.382 e. The number of aliphatic imine (C=N–C) groups is 1. The summed E-state index contributed by atoms with van der Waals surface area (Å²) in [5.41, 5.74) is 1.38. The van der Waals surface area contributed by atoms with Crippen LogP contribution in [0, 0.1) is 6.92 Å². The monoisotopic (exact) mass is 555 g/mol. The molecule has 1 fully saturated rings. The van der Waals surface area contributed by atoms with Gasteiger partial charge in [-0.1, -0.05) is 30.3 Å². The van der Waals surface area contributed by atoms with E-state index in [1.165, 1.54) is 5.56 Å². The van der Waals surface area contributed by atoms with Crippen molar-refractivity contribution in [1.82, 2.24) is 30.3 Å². The van der Waals surface area contributed by atoms with Gasteiger partial charge in [0.25, 0.3) is 0 Å². The average molecular weight is 556 g/mol. The van der Waals surface area contributed by atoms with Crippen LogP contribution in [0.3, 0.4) is 0 Å². The van der Waals surface area contributed by atoms with Gasteiger partial charge in [-0.05, 0) is 38.7 Å². The first kappa shape index (κ1) is 26.5. The van der Waals surface area contributed by atoms with E-state index in [0.29, 0.717) is 12.6 Å². The number of hydrogen-bond donors (Lipinski definition) is 2. The summed E-state index contributed by atoms with van der Waals surface area (Å²) >= 11 is 0. The van der Waals surface area contributed by atoms with Gasteiger partial charge in [-0.15, -0.1) is 34.2 Å². The number of nitrogens with one attached hydrogen (secondary N) is 2. The van der Waals surface area contributed by atoms with Crippen LogP contribution in [0.1, 0.15) is 43.4 Å². The maximum absolute atomic E-state index is 5.45. The van der Waals surface area contributed by atoms with Gasteiger partial charge in [0.1, 0.15) is 12.4 Å². The highest BCUT2D eigenvalue weighted by Crippen LogP contribution is 2.14. The first-order chi connectivity index (χ1) is 15.2. The Bertz CT molecular complexity index is 804. The summed E-state index contributed by atoms with van der Waals surface area (Å²) in [5.74, 6) is 2.61. The molecule has 8 nitrogen and oxygen atoms in total. The zero-order valence-electron chi connectivity index (χ0n) is 19.6. The molecule has 0 radical (unpaired) electrons. The second-order valence-corrected chi connectivity index (χ2v) is 8.04. The smallest absolute Gasteiger partial charge is 0.191 e. The van der Waals surface area contributed by atoms with Gasteiger partial charge >= 0.3 is 0 Å². The highest BCUT2D eigenvalue weighted by atomic mass is 127. The molecule has 32 heavy (non-hydrogen) atoms. The quantitative estimate of drug-likeness (QED) is 0.203. The maximum atomic E-state index is 5.45. The molecule has 2 heterocycles. The van der Waals surface area contributed by atoms with Gasteiger partial charge in [0.15, 0.2) is 11.8 Å². The van der Waals surface area contributed by atoms with Crippen LogP contribution in [0.2, 0.25) is 0 Å². The Morgan fingerprint density at radius 2 is 1.94 bits per heavy atom. The SMILES string of the molecule is CCOCCCNC(=NCc1nnc(C)n1C)NC1CCN(Cc2ccccc2)CC1.I. The summed E-state index contributed by atoms with van der Waals surface area (Å²) in [6.45, 7) is 10.0. The second kappa shape index (κ2) is 14.4. The van der Waals surface area contributed by atoms with E-state index in [1.807, 2.05) is 25.5 Å². The molecule has 1 aliphatic rings. The van der Waals surface area contributed by atoms with Crippen LogP contribution in [0.15, 0.2) is 35.3 Å². The minimum atomic E-state index is 0. The lowest BCUT2D eigenvalue weighted by Gasteiger charge is -2.33. The summed E-state index contributed by atoms with van der Waals surface area (Å²) in [5, 5.41) is 15.5. The lowest BCUT2D eigenvalue weighted by atomic mass is 10.0. The van der Waals surface area contributed by atoms with Gasteiger partial charge in [0, 0.05) is 52.5 Å². The molecule has 1 aromatic heterocycles. The number of halogens is 1. The van der Waals surface area contributed by atoms with Gasteiger partial charge in [-0.25, -0.2) is 4.99 Å². The number of ether oxygens (including phenoxy) is 1. The Hall–Kier alpha value is -1.72. The van der Waals surface area contributed by atoms with Crippen LogP contribution in [0.25, 0.3) is 0 Å². The van der Waals surface area contributed by atoms with Crippen molar-refractivity contribution >= 4 is 29.9 Å². The number of hydrogen-bond acceptors (Lipinski definition) is 5. The molecule has 0 spiro atoms. The van der Waals surface area contributed by atoms with Crippen molar-refractivity contribution in [2.24, 2.45) is 12.0 Å². The molecule has 0 bridgehead atoms. The fraction of sp³-hybridized carbons (Fsp3) is 0.609.